The molecule has 0 saturated carbocycles. The van der Waals surface area contributed by atoms with Gasteiger partial charge in [0.1, 0.15) is 0 Å². The third-order valence-corrected chi connectivity index (χ3v) is 5.15. The van der Waals surface area contributed by atoms with Gasteiger partial charge in [-0.15, -0.1) is 12.4 Å². The largest absolute Gasteiger partial charge is 0.487 e. The molecule has 1 aromatic carbocycles. The molecule has 25 heavy (non-hydrogen) atoms. The zero-order valence-electron chi connectivity index (χ0n) is 14.3. The van der Waals surface area contributed by atoms with Crippen LogP contribution in [0, 0.1) is 15.5 Å². The van der Waals surface area contributed by atoms with Crippen LogP contribution >= 0.6 is 12.4 Å². The molecule has 7 nitrogen and oxygen atoms in total. The number of carbonyl (C=O) groups excluding carboxylic acids is 1. The summed E-state index contributed by atoms with van der Waals surface area (Å²) in [5.74, 6) is 0.0654. The molecular weight excluding hydrogens is 346 g/mol. The van der Waals surface area contributed by atoms with E-state index in [0.29, 0.717) is 30.7 Å². The fourth-order valence-corrected chi connectivity index (χ4v) is 3.66. The first-order chi connectivity index (χ1) is 11.5. The van der Waals surface area contributed by atoms with Gasteiger partial charge >= 0.3 is 5.69 Å². The number of ether oxygens (including phenoxy) is 1. The molecule has 0 atom stereocenters. The van der Waals surface area contributed by atoms with E-state index in [4.69, 9.17) is 4.74 Å². The van der Waals surface area contributed by atoms with E-state index in [-0.39, 0.29) is 29.8 Å². The first-order valence-corrected chi connectivity index (χ1v) is 8.46. The van der Waals surface area contributed by atoms with E-state index in [0.717, 1.165) is 25.9 Å². The molecule has 138 valence electrons. The average Bonchev–Trinajstić information content (AvgIpc) is 3.03. The first kappa shape index (κ1) is 19.5. The minimum absolute atomic E-state index is 0. The summed E-state index contributed by atoms with van der Waals surface area (Å²) in [5, 5.41) is 14.6. The van der Waals surface area contributed by atoms with Crippen molar-refractivity contribution in [2.75, 3.05) is 32.8 Å². The second kappa shape index (κ2) is 8.01. The summed E-state index contributed by atoms with van der Waals surface area (Å²) in [6.07, 6.45) is 3.15. The molecule has 2 aliphatic rings. The molecule has 1 N–H and O–H groups in total. The summed E-state index contributed by atoms with van der Waals surface area (Å²) in [7, 11) is 0. The van der Waals surface area contributed by atoms with Gasteiger partial charge in [-0.1, -0.05) is 0 Å². The van der Waals surface area contributed by atoms with Gasteiger partial charge in [-0.05, 0) is 50.3 Å². The molecule has 3 rings (SSSR count). The molecule has 0 radical (unpaired) electrons. The van der Waals surface area contributed by atoms with Crippen LogP contribution in [0.4, 0.5) is 5.69 Å². The number of hydrogen-bond acceptors (Lipinski definition) is 5. The highest BCUT2D eigenvalue weighted by Crippen LogP contribution is 2.37. The highest BCUT2D eigenvalue weighted by molar-refractivity contribution is 5.95. The van der Waals surface area contributed by atoms with Gasteiger partial charge in [0.25, 0.3) is 5.91 Å². The van der Waals surface area contributed by atoms with Gasteiger partial charge in [0, 0.05) is 31.3 Å². The van der Waals surface area contributed by atoms with Crippen LogP contribution in [0.3, 0.4) is 0 Å². The lowest BCUT2D eigenvalue weighted by Gasteiger charge is -2.38. The normalized spacial score (nSPS) is 18.7. The summed E-state index contributed by atoms with van der Waals surface area (Å²) < 4.78 is 5.27. The summed E-state index contributed by atoms with van der Waals surface area (Å²) in [6.45, 7) is 5.62. The summed E-state index contributed by atoms with van der Waals surface area (Å²) in [4.78, 5) is 25.2. The van der Waals surface area contributed by atoms with Crippen LogP contribution in [0.1, 0.15) is 36.5 Å². The third kappa shape index (κ3) is 4.04. The lowest BCUT2D eigenvalue weighted by molar-refractivity contribution is -0.385. The van der Waals surface area contributed by atoms with Crippen molar-refractivity contribution in [2.24, 2.45) is 5.41 Å². The first-order valence-electron chi connectivity index (χ1n) is 8.46. The number of carbonyl (C=O) groups is 1. The monoisotopic (exact) mass is 369 g/mol. The number of halogens is 1. The Balaban J connectivity index is 0.00000225. The molecule has 8 heteroatoms. The molecule has 2 saturated heterocycles. The maximum Gasteiger partial charge on any atom is 0.311 e. The molecule has 1 spiro atoms. The molecule has 2 aliphatic heterocycles. The molecule has 2 fully saturated rings. The van der Waals surface area contributed by atoms with Crippen LogP contribution in [0.5, 0.6) is 5.75 Å². The standard InChI is InChI=1S/C17H23N3O4.ClH/c1-2-24-15-4-3-13(11-14(15)20(22)23)16(21)19-9-6-17(7-10-19)5-8-18-12-17;/h3-4,11,18H,2,5-10,12H2,1H3;1H. The van der Waals surface area contributed by atoms with Crippen molar-refractivity contribution in [3.8, 4) is 5.75 Å². The Labute approximate surface area is 153 Å². The average molecular weight is 370 g/mol. The SMILES string of the molecule is CCOc1ccc(C(=O)N2CCC3(CCNC3)CC2)cc1[N+](=O)[O-].Cl. The number of nitrogens with one attached hydrogen (secondary N) is 1. The Kier molecular flexibility index (Phi) is 6.24. The van der Waals surface area contributed by atoms with E-state index in [1.807, 2.05) is 4.90 Å². The Morgan fingerprint density at radius 3 is 2.64 bits per heavy atom. The van der Waals surface area contributed by atoms with E-state index in [2.05, 4.69) is 5.32 Å². The molecule has 2 heterocycles. The van der Waals surface area contributed by atoms with Gasteiger partial charge in [-0.25, -0.2) is 0 Å². The van der Waals surface area contributed by atoms with Crippen LogP contribution in [-0.2, 0) is 0 Å². The molecular formula is C17H24ClN3O4. The second-order valence-corrected chi connectivity index (χ2v) is 6.59. The van der Waals surface area contributed by atoms with Crippen LogP contribution < -0.4 is 10.1 Å². The lowest BCUT2D eigenvalue weighted by Crippen LogP contribution is -2.44. The molecule has 0 aliphatic carbocycles. The third-order valence-electron chi connectivity index (χ3n) is 5.15. The predicted octanol–water partition coefficient (Wildman–Crippen LogP) is 2.63. The number of amides is 1. The van der Waals surface area contributed by atoms with Crippen LogP contribution in [0.25, 0.3) is 0 Å². The number of nitro benzene ring substituents is 1. The number of rotatable bonds is 4. The van der Waals surface area contributed by atoms with Crippen molar-refractivity contribution in [1.29, 1.82) is 0 Å². The van der Waals surface area contributed by atoms with Crippen molar-refractivity contribution in [1.82, 2.24) is 10.2 Å². The Morgan fingerprint density at radius 2 is 2.08 bits per heavy atom. The van der Waals surface area contributed by atoms with E-state index in [9.17, 15) is 14.9 Å². The van der Waals surface area contributed by atoms with Crippen molar-refractivity contribution in [3.05, 3.63) is 33.9 Å². The van der Waals surface area contributed by atoms with Crippen molar-refractivity contribution in [2.45, 2.75) is 26.2 Å². The molecule has 0 bridgehead atoms. The Morgan fingerprint density at radius 1 is 1.36 bits per heavy atom. The number of hydrogen-bond donors (Lipinski definition) is 1. The quantitative estimate of drug-likeness (QED) is 0.651. The second-order valence-electron chi connectivity index (χ2n) is 6.59. The molecule has 1 aromatic rings. The van der Waals surface area contributed by atoms with Gasteiger partial charge in [0.2, 0.25) is 0 Å². The van der Waals surface area contributed by atoms with Gasteiger partial charge in [0.05, 0.1) is 11.5 Å². The molecule has 0 unspecified atom stereocenters. The number of benzene rings is 1. The summed E-state index contributed by atoms with van der Waals surface area (Å²) >= 11 is 0. The predicted molar refractivity (Wildman–Crippen MR) is 96.6 cm³/mol. The number of piperidine rings is 1. The van der Waals surface area contributed by atoms with Gasteiger partial charge in [0.15, 0.2) is 5.75 Å². The van der Waals surface area contributed by atoms with Gasteiger partial charge < -0.3 is 15.0 Å². The van der Waals surface area contributed by atoms with Crippen molar-refractivity contribution >= 4 is 24.0 Å². The Bertz CT molecular complexity index is 637. The van der Waals surface area contributed by atoms with Crippen LogP contribution in [-0.4, -0.2) is 48.5 Å². The van der Waals surface area contributed by atoms with Crippen LogP contribution in [0.15, 0.2) is 18.2 Å². The molecule has 1 amide bonds. The van der Waals surface area contributed by atoms with E-state index in [1.165, 1.54) is 18.6 Å². The van der Waals surface area contributed by atoms with E-state index < -0.39 is 4.92 Å². The summed E-state index contributed by atoms with van der Waals surface area (Å²) in [5.41, 5.74) is 0.531. The minimum Gasteiger partial charge on any atom is -0.487 e. The topological polar surface area (TPSA) is 84.7 Å². The van der Waals surface area contributed by atoms with E-state index in [1.54, 1.807) is 13.0 Å². The minimum atomic E-state index is -0.503. The smallest absolute Gasteiger partial charge is 0.311 e. The van der Waals surface area contributed by atoms with Crippen molar-refractivity contribution in [3.63, 3.8) is 0 Å². The van der Waals surface area contributed by atoms with Gasteiger partial charge in [-0.2, -0.15) is 0 Å². The maximum absolute atomic E-state index is 12.7. The number of nitro groups is 1. The van der Waals surface area contributed by atoms with Crippen LogP contribution in [0.2, 0.25) is 0 Å². The maximum atomic E-state index is 12.7. The summed E-state index contributed by atoms with van der Waals surface area (Å²) in [6, 6.07) is 4.46. The zero-order valence-corrected chi connectivity index (χ0v) is 15.1. The Hall–Kier alpha value is -1.86. The van der Waals surface area contributed by atoms with Gasteiger partial charge in [-0.3, -0.25) is 14.9 Å². The highest BCUT2D eigenvalue weighted by Gasteiger charge is 2.38. The fraction of sp³-hybridized carbons (Fsp3) is 0.588. The highest BCUT2D eigenvalue weighted by atomic mass is 35.5. The zero-order chi connectivity index (χ0) is 17.2. The number of likely N-dealkylation sites (tertiary alicyclic amines) is 1. The lowest BCUT2D eigenvalue weighted by atomic mass is 9.78. The number of nitrogens with zero attached hydrogens (tertiary/aromatic N) is 2. The van der Waals surface area contributed by atoms with E-state index >= 15 is 0 Å². The molecule has 0 aromatic heterocycles. The van der Waals surface area contributed by atoms with Crippen molar-refractivity contribution < 1.29 is 14.5 Å². The fourth-order valence-electron chi connectivity index (χ4n) is 3.66.